The number of aliphatic hydroxyl groups excluding tert-OH is 1. The molecule has 8 heteroatoms. The Morgan fingerprint density at radius 2 is 1.95 bits per heavy atom. The molecule has 1 aromatic carbocycles. The summed E-state index contributed by atoms with van der Waals surface area (Å²) in [5.41, 5.74) is -1.06. The molecule has 2 amide bonds. The van der Waals surface area contributed by atoms with E-state index in [4.69, 9.17) is 9.47 Å². The van der Waals surface area contributed by atoms with E-state index >= 15 is 0 Å². The van der Waals surface area contributed by atoms with E-state index < -0.39 is 41.1 Å². The zero-order chi connectivity index (χ0) is 27.8. The number of benzene rings is 1. The summed E-state index contributed by atoms with van der Waals surface area (Å²) in [6.07, 6.45) is 8.28. The molecule has 0 aromatic heterocycles. The molecule has 4 aliphatic rings. The molecule has 3 heterocycles. The fourth-order valence-electron chi connectivity index (χ4n) is 7.87. The lowest BCUT2D eigenvalue weighted by Gasteiger charge is -2.42. The van der Waals surface area contributed by atoms with E-state index in [9.17, 15) is 19.5 Å². The van der Waals surface area contributed by atoms with E-state index in [2.05, 4.69) is 6.58 Å². The van der Waals surface area contributed by atoms with E-state index in [1.807, 2.05) is 42.2 Å². The van der Waals surface area contributed by atoms with Crippen molar-refractivity contribution in [1.82, 2.24) is 9.80 Å². The van der Waals surface area contributed by atoms with Gasteiger partial charge in [0.1, 0.15) is 17.6 Å². The third-order valence-corrected chi connectivity index (χ3v) is 9.53. The number of aliphatic hydroxyl groups is 1. The zero-order valence-corrected chi connectivity index (χ0v) is 23.2. The minimum absolute atomic E-state index is 0.0633. The van der Waals surface area contributed by atoms with Gasteiger partial charge in [0.25, 0.3) is 0 Å². The van der Waals surface area contributed by atoms with Gasteiger partial charge < -0.3 is 24.4 Å². The Morgan fingerprint density at radius 1 is 1.23 bits per heavy atom. The molecule has 1 saturated carbocycles. The molecule has 1 spiro atoms. The van der Waals surface area contributed by atoms with Crippen molar-refractivity contribution in [3.8, 4) is 0 Å². The van der Waals surface area contributed by atoms with Crippen LogP contribution in [0.15, 0.2) is 43.0 Å². The lowest BCUT2D eigenvalue weighted by atomic mass is 9.66. The summed E-state index contributed by atoms with van der Waals surface area (Å²) < 4.78 is 12.2. The van der Waals surface area contributed by atoms with Crippen LogP contribution in [0.3, 0.4) is 0 Å². The maximum Gasteiger partial charge on any atom is 0.312 e. The van der Waals surface area contributed by atoms with Crippen LogP contribution < -0.4 is 0 Å². The van der Waals surface area contributed by atoms with Gasteiger partial charge in [-0.2, -0.15) is 0 Å². The number of fused-ring (bicyclic) bond motifs is 1. The number of ether oxygens (including phenoxy) is 2. The van der Waals surface area contributed by atoms with Gasteiger partial charge in [-0.25, -0.2) is 0 Å². The average Bonchev–Trinajstić information content (AvgIpc) is 3.52. The normalized spacial score (nSPS) is 32.6. The van der Waals surface area contributed by atoms with Gasteiger partial charge in [0.2, 0.25) is 11.8 Å². The van der Waals surface area contributed by atoms with Gasteiger partial charge in [-0.05, 0) is 51.5 Å². The van der Waals surface area contributed by atoms with Gasteiger partial charge >= 0.3 is 5.97 Å². The SMILES string of the molecule is C=CCN(C(=O)C1N([C@@H](CO)Cc2ccccc2)C(=O)[C@@H]2[C@H](C(=O)OCC)[C@]3(C)CCC12O3)C1CCCCC1. The van der Waals surface area contributed by atoms with Crippen LogP contribution in [0.25, 0.3) is 0 Å². The van der Waals surface area contributed by atoms with Crippen molar-refractivity contribution in [2.75, 3.05) is 19.8 Å². The molecule has 2 bridgehead atoms. The second-order valence-electron chi connectivity index (χ2n) is 11.8. The average molecular weight is 539 g/mol. The van der Waals surface area contributed by atoms with Crippen molar-refractivity contribution in [2.45, 2.75) is 94.5 Å². The first-order chi connectivity index (χ1) is 18.8. The number of hydrogen-bond acceptors (Lipinski definition) is 6. The number of carbonyl (C=O) groups excluding carboxylic acids is 3. The summed E-state index contributed by atoms with van der Waals surface area (Å²) in [5.74, 6) is -2.54. The van der Waals surface area contributed by atoms with Crippen LogP contribution in [0.4, 0.5) is 0 Å². The Hall–Kier alpha value is -2.71. The van der Waals surface area contributed by atoms with Crippen molar-refractivity contribution in [1.29, 1.82) is 0 Å². The molecular weight excluding hydrogens is 496 g/mol. The molecule has 5 rings (SSSR count). The molecule has 8 nitrogen and oxygen atoms in total. The fraction of sp³-hybridized carbons (Fsp3) is 0.645. The lowest BCUT2D eigenvalue weighted by Crippen LogP contribution is -2.60. The van der Waals surface area contributed by atoms with Crippen LogP contribution in [0.1, 0.15) is 64.4 Å². The summed E-state index contributed by atoms with van der Waals surface area (Å²) >= 11 is 0. The van der Waals surface area contributed by atoms with Crippen molar-refractivity contribution in [3.63, 3.8) is 0 Å². The highest BCUT2D eigenvalue weighted by Crippen LogP contribution is 2.63. The second-order valence-corrected chi connectivity index (χ2v) is 11.8. The van der Waals surface area contributed by atoms with Gasteiger partial charge in [-0.15, -0.1) is 6.58 Å². The Balaban J connectivity index is 1.59. The van der Waals surface area contributed by atoms with Crippen molar-refractivity contribution in [2.24, 2.45) is 11.8 Å². The Kier molecular flexibility index (Phi) is 7.89. The van der Waals surface area contributed by atoms with Gasteiger partial charge in [-0.1, -0.05) is 55.7 Å². The number of nitrogens with zero attached hydrogens (tertiary/aromatic N) is 2. The van der Waals surface area contributed by atoms with E-state index in [1.54, 1.807) is 17.9 Å². The summed E-state index contributed by atoms with van der Waals surface area (Å²) in [6, 6.07) is 8.16. The van der Waals surface area contributed by atoms with Crippen molar-refractivity contribution < 1.29 is 29.0 Å². The molecule has 4 fully saturated rings. The van der Waals surface area contributed by atoms with E-state index in [0.29, 0.717) is 25.8 Å². The molecule has 6 atom stereocenters. The second kappa shape index (κ2) is 11.0. The molecule has 1 aromatic rings. The number of amides is 2. The molecule has 1 N–H and O–H groups in total. The molecule has 3 saturated heterocycles. The van der Waals surface area contributed by atoms with Gasteiger partial charge in [-0.3, -0.25) is 14.4 Å². The molecule has 2 unspecified atom stereocenters. The number of esters is 1. The summed E-state index contributed by atoms with van der Waals surface area (Å²) in [4.78, 5) is 45.9. The highest BCUT2D eigenvalue weighted by Gasteiger charge is 2.79. The van der Waals surface area contributed by atoms with Crippen LogP contribution in [-0.2, 0) is 30.3 Å². The third-order valence-electron chi connectivity index (χ3n) is 9.53. The monoisotopic (exact) mass is 538 g/mol. The Labute approximate surface area is 231 Å². The highest BCUT2D eigenvalue weighted by atomic mass is 16.6. The summed E-state index contributed by atoms with van der Waals surface area (Å²) in [7, 11) is 0. The zero-order valence-electron chi connectivity index (χ0n) is 23.2. The van der Waals surface area contributed by atoms with E-state index in [-0.39, 0.29) is 31.1 Å². The topological polar surface area (TPSA) is 96.4 Å². The molecule has 212 valence electrons. The largest absolute Gasteiger partial charge is 0.466 e. The quantitative estimate of drug-likeness (QED) is 0.363. The van der Waals surface area contributed by atoms with Gasteiger partial charge in [0.15, 0.2) is 0 Å². The van der Waals surface area contributed by atoms with E-state index in [1.165, 1.54) is 0 Å². The van der Waals surface area contributed by atoms with Gasteiger partial charge in [0, 0.05) is 12.6 Å². The highest BCUT2D eigenvalue weighted by molar-refractivity contribution is 5.99. The molecular formula is C31H42N2O6. The Morgan fingerprint density at radius 3 is 2.59 bits per heavy atom. The standard InChI is InChI=1S/C31H42N2O6/c1-4-18-32(22-14-10-7-11-15-22)28(36)26-31-17-16-30(3,39-31)25(29(37)38-5-2)24(31)27(35)33(26)23(20-34)19-21-12-8-6-9-13-21/h4,6,8-9,12-13,22-26,34H,1,5,7,10-11,14-20H2,2-3H3/t23-,24+,25-,26?,30+,31?/m1/s1. The summed E-state index contributed by atoms with van der Waals surface area (Å²) in [6.45, 7) is 7.81. The van der Waals surface area contributed by atoms with Crippen molar-refractivity contribution in [3.05, 3.63) is 48.6 Å². The predicted octanol–water partition coefficient (Wildman–Crippen LogP) is 3.27. The molecule has 3 aliphatic heterocycles. The van der Waals surface area contributed by atoms with Gasteiger partial charge in [0.05, 0.1) is 30.8 Å². The number of rotatable bonds is 10. The fourth-order valence-corrected chi connectivity index (χ4v) is 7.87. The first-order valence-electron chi connectivity index (χ1n) is 14.6. The molecule has 1 aliphatic carbocycles. The van der Waals surface area contributed by atoms with Crippen LogP contribution in [0.5, 0.6) is 0 Å². The number of carbonyl (C=O) groups is 3. The number of hydrogen-bond donors (Lipinski definition) is 1. The Bertz CT molecular complexity index is 1090. The lowest BCUT2D eigenvalue weighted by molar-refractivity contribution is -0.162. The van der Waals surface area contributed by atoms with Crippen LogP contribution in [0.2, 0.25) is 0 Å². The minimum atomic E-state index is -1.14. The minimum Gasteiger partial charge on any atom is -0.466 e. The van der Waals surface area contributed by atoms with Crippen LogP contribution >= 0.6 is 0 Å². The predicted molar refractivity (Wildman–Crippen MR) is 146 cm³/mol. The maximum absolute atomic E-state index is 14.7. The first kappa shape index (κ1) is 27.8. The number of likely N-dealkylation sites (tertiary alicyclic amines) is 1. The third kappa shape index (κ3) is 4.59. The molecule has 0 radical (unpaired) electrons. The molecule has 39 heavy (non-hydrogen) atoms. The van der Waals surface area contributed by atoms with Crippen molar-refractivity contribution >= 4 is 17.8 Å². The smallest absolute Gasteiger partial charge is 0.312 e. The first-order valence-corrected chi connectivity index (χ1v) is 14.6. The maximum atomic E-state index is 14.7. The van der Waals surface area contributed by atoms with E-state index in [0.717, 1.165) is 37.7 Å². The summed E-state index contributed by atoms with van der Waals surface area (Å²) in [5, 5.41) is 10.6. The van der Waals surface area contributed by atoms with Crippen LogP contribution in [0, 0.1) is 11.8 Å². The van der Waals surface area contributed by atoms with Crippen LogP contribution in [-0.4, -0.2) is 81.8 Å².